The van der Waals surface area contributed by atoms with Crippen molar-refractivity contribution < 1.29 is 4.79 Å². The van der Waals surface area contributed by atoms with Crippen LogP contribution in [0.3, 0.4) is 0 Å². The van der Waals surface area contributed by atoms with Crippen LogP contribution < -0.4 is 17.2 Å². The van der Waals surface area contributed by atoms with E-state index in [1.807, 2.05) is 0 Å². The van der Waals surface area contributed by atoms with E-state index in [0.29, 0.717) is 6.54 Å². The molecular weight excluding hydrogens is 106 g/mol. The topological polar surface area (TPSA) is 95.1 Å². The Morgan fingerprint density at radius 3 is 1.75 bits per heavy atom. The molecule has 0 aromatic rings. The van der Waals surface area contributed by atoms with E-state index >= 15 is 0 Å². The number of primary amides is 2. The van der Waals surface area contributed by atoms with Crippen LogP contribution in [0.2, 0.25) is 0 Å². The van der Waals surface area contributed by atoms with E-state index in [1.165, 1.54) is 0 Å². The number of nitrogens with two attached hydrogens (primary N) is 3. The van der Waals surface area contributed by atoms with Crippen molar-refractivity contribution in [3.63, 3.8) is 0 Å². The summed E-state index contributed by atoms with van der Waals surface area (Å²) in [5, 5.41) is 0. The molecule has 6 N–H and O–H groups in total. The van der Waals surface area contributed by atoms with Crippen LogP contribution in [0.4, 0.5) is 4.79 Å². The van der Waals surface area contributed by atoms with Gasteiger partial charge in [-0.25, -0.2) is 4.79 Å². The highest BCUT2D eigenvalue weighted by Gasteiger charge is 1.60. The van der Waals surface area contributed by atoms with E-state index in [1.54, 1.807) is 6.08 Å². The van der Waals surface area contributed by atoms with Gasteiger partial charge >= 0.3 is 6.03 Å². The fourth-order valence-electron chi connectivity index (χ4n) is 0. The molecule has 0 heterocycles. The van der Waals surface area contributed by atoms with Gasteiger partial charge in [-0.3, -0.25) is 0 Å². The largest absolute Gasteiger partial charge is 0.352 e. The van der Waals surface area contributed by atoms with E-state index in [0.717, 1.165) is 0 Å². The lowest BCUT2D eigenvalue weighted by Crippen LogP contribution is -2.18. The van der Waals surface area contributed by atoms with E-state index in [-0.39, 0.29) is 0 Å². The normalized spacial score (nSPS) is 6.12. The summed E-state index contributed by atoms with van der Waals surface area (Å²) >= 11 is 0. The van der Waals surface area contributed by atoms with E-state index in [4.69, 9.17) is 10.5 Å². The first-order valence-corrected chi connectivity index (χ1v) is 2.01. The van der Waals surface area contributed by atoms with E-state index in [2.05, 4.69) is 18.0 Å². The minimum absolute atomic E-state index is 0.583. The van der Waals surface area contributed by atoms with Crippen molar-refractivity contribution in [3.8, 4) is 0 Å². The first kappa shape index (κ1) is 10.1. The summed E-state index contributed by atoms with van der Waals surface area (Å²) in [4.78, 5) is 9.00. The van der Waals surface area contributed by atoms with Crippen LogP contribution in [0, 0.1) is 0 Å². The SMILES string of the molecule is C=CCN.NC(N)=O. The maximum atomic E-state index is 9.00. The second kappa shape index (κ2) is 9.36. The van der Waals surface area contributed by atoms with Crippen LogP contribution >= 0.6 is 0 Å². The standard InChI is InChI=1S/C3H7N.CH4N2O/c1-2-3-4;2-1(3)4/h2H,1,3-4H2;(H4,2,3,4). The molecule has 4 heteroatoms. The number of rotatable bonds is 1. The molecule has 0 aromatic carbocycles. The van der Waals surface area contributed by atoms with Crippen molar-refractivity contribution in [2.75, 3.05) is 6.54 Å². The summed E-state index contributed by atoms with van der Waals surface area (Å²) in [7, 11) is 0. The van der Waals surface area contributed by atoms with Gasteiger partial charge in [-0.15, -0.1) is 6.58 Å². The van der Waals surface area contributed by atoms with Crippen LogP contribution in [-0.2, 0) is 0 Å². The van der Waals surface area contributed by atoms with Crippen LogP contribution in [0.5, 0.6) is 0 Å². The molecule has 0 fully saturated rings. The van der Waals surface area contributed by atoms with Crippen molar-refractivity contribution in [1.29, 1.82) is 0 Å². The van der Waals surface area contributed by atoms with E-state index < -0.39 is 6.03 Å². The first-order valence-electron chi connectivity index (χ1n) is 2.01. The maximum absolute atomic E-state index is 9.00. The zero-order valence-corrected chi connectivity index (χ0v) is 4.63. The predicted octanol–water partition coefficient (Wildman–Crippen LogP) is -0.845. The molecule has 0 saturated heterocycles. The average molecular weight is 117 g/mol. The molecule has 0 aromatic heterocycles. The summed E-state index contributed by atoms with van der Waals surface area (Å²) in [6, 6.07) is -0.833. The number of amides is 2. The molecule has 0 bridgehead atoms. The Kier molecular flexibility index (Phi) is 11.8. The molecule has 48 valence electrons. The molecule has 0 aliphatic rings. The first-order chi connectivity index (χ1) is 3.65. The summed E-state index contributed by atoms with van der Waals surface area (Å²) in [6.45, 7) is 3.94. The number of carbonyl (C=O) groups excluding carboxylic acids is 1. The fourth-order valence-corrected chi connectivity index (χ4v) is 0. The molecule has 0 spiro atoms. The van der Waals surface area contributed by atoms with Gasteiger partial charge in [0.25, 0.3) is 0 Å². The van der Waals surface area contributed by atoms with Gasteiger partial charge in [0, 0.05) is 6.54 Å². The molecule has 0 atom stereocenters. The Balaban J connectivity index is 0. The van der Waals surface area contributed by atoms with Gasteiger partial charge in [0.2, 0.25) is 0 Å². The van der Waals surface area contributed by atoms with E-state index in [9.17, 15) is 0 Å². The van der Waals surface area contributed by atoms with Gasteiger partial charge in [-0.05, 0) is 0 Å². The van der Waals surface area contributed by atoms with Gasteiger partial charge in [0.15, 0.2) is 0 Å². The molecule has 0 rings (SSSR count). The third-order valence-electron chi connectivity index (χ3n) is 0.167. The van der Waals surface area contributed by atoms with Crippen LogP contribution in [0.25, 0.3) is 0 Å². The number of carbonyl (C=O) groups is 1. The number of hydrogen-bond donors (Lipinski definition) is 3. The molecule has 2 amide bonds. The Morgan fingerprint density at radius 1 is 1.62 bits per heavy atom. The highest BCUT2D eigenvalue weighted by Crippen LogP contribution is 1.40. The minimum atomic E-state index is -0.833. The molecule has 0 saturated carbocycles. The van der Waals surface area contributed by atoms with Crippen LogP contribution in [0.15, 0.2) is 12.7 Å². The molecule has 0 radical (unpaired) electrons. The molecule has 0 aliphatic heterocycles. The van der Waals surface area contributed by atoms with Crippen molar-refractivity contribution in [3.05, 3.63) is 12.7 Å². The third-order valence-corrected chi connectivity index (χ3v) is 0.167. The highest BCUT2D eigenvalue weighted by atomic mass is 16.2. The minimum Gasteiger partial charge on any atom is -0.352 e. The quantitative estimate of drug-likeness (QED) is 0.390. The molecular formula is C4H11N3O. The highest BCUT2D eigenvalue weighted by molar-refractivity contribution is 5.69. The molecule has 8 heavy (non-hydrogen) atoms. The maximum Gasteiger partial charge on any atom is 0.309 e. The summed E-state index contributed by atoms with van der Waals surface area (Å²) in [6.07, 6.45) is 1.65. The van der Waals surface area contributed by atoms with Gasteiger partial charge in [0.1, 0.15) is 0 Å². The third kappa shape index (κ3) is 87000. The predicted molar refractivity (Wildman–Crippen MR) is 33.0 cm³/mol. The monoisotopic (exact) mass is 117 g/mol. The second-order valence-corrected chi connectivity index (χ2v) is 0.927. The number of urea groups is 1. The van der Waals surface area contributed by atoms with Gasteiger partial charge in [-0.2, -0.15) is 0 Å². The summed E-state index contributed by atoms with van der Waals surface area (Å²) in [5.41, 5.74) is 13.4. The lowest BCUT2D eigenvalue weighted by Gasteiger charge is -1.62. The Hall–Kier alpha value is -1.03. The zero-order chi connectivity index (χ0) is 6.99. The zero-order valence-electron chi connectivity index (χ0n) is 4.63. The van der Waals surface area contributed by atoms with Crippen LogP contribution in [-0.4, -0.2) is 12.6 Å². The lowest BCUT2D eigenvalue weighted by atomic mass is 10.7. The lowest BCUT2D eigenvalue weighted by molar-refractivity contribution is 0.256. The van der Waals surface area contributed by atoms with Gasteiger partial charge in [-0.1, -0.05) is 6.08 Å². The van der Waals surface area contributed by atoms with Crippen molar-refractivity contribution in [2.45, 2.75) is 0 Å². The van der Waals surface area contributed by atoms with Crippen molar-refractivity contribution >= 4 is 6.03 Å². The van der Waals surface area contributed by atoms with Gasteiger partial charge in [0.05, 0.1) is 0 Å². The average Bonchev–Trinajstić information content (AvgIpc) is 1.65. The molecule has 0 aliphatic carbocycles. The second-order valence-electron chi connectivity index (χ2n) is 0.927. The smallest absolute Gasteiger partial charge is 0.309 e. The Bertz CT molecular complexity index is 67.7. The Labute approximate surface area is 48.3 Å². The molecule has 4 nitrogen and oxygen atoms in total. The summed E-state index contributed by atoms with van der Waals surface area (Å²) in [5.74, 6) is 0. The fraction of sp³-hybridized carbons (Fsp3) is 0.250. The molecule has 0 unspecified atom stereocenters. The van der Waals surface area contributed by atoms with Crippen molar-refractivity contribution in [2.24, 2.45) is 17.2 Å². The van der Waals surface area contributed by atoms with Crippen LogP contribution in [0.1, 0.15) is 0 Å². The summed E-state index contributed by atoms with van der Waals surface area (Å²) < 4.78 is 0. The van der Waals surface area contributed by atoms with Gasteiger partial charge < -0.3 is 17.2 Å². The van der Waals surface area contributed by atoms with Crippen molar-refractivity contribution in [1.82, 2.24) is 0 Å². The number of hydrogen-bond acceptors (Lipinski definition) is 2. The Morgan fingerprint density at radius 2 is 1.75 bits per heavy atom.